The van der Waals surface area contributed by atoms with Gasteiger partial charge in [-0.25, -0.2) is 4.98 Å². The number of hydrogen-bond acceptors (Lipinski definition) is 3. The summed E-state index contributed by atoms with van der Waals surface area (Å²) in [4.78, 5) is 15.2. The number of rotatable bonds is 4. The highest BCUT2D eigenvalue weighted by molar-refractivity contribution is 6.35. The van der Waals surface area contributed by atoms with E-state index in [0.29, 0.717) is 40.8 Å². The maximum absolute atomic E-state index is 10.9. The topological polar surface area (TPSA) is 39.2 Å². The highest BCUT2D eigenvalue weighted by Gasteiger charge is 2.16. The van der Waals surface area contributed by atoms with E-state index in [9.17, 15) is 4.79 Å². The number of aldehydes is 1. The van der Waals surface area contributed by atoms with E-state index >= 15 is 0 Å². The van der Waals surface area contributed by atoms with Crippen molar-refractivity contribution >= 4 is 28.8 Å². The third kappa shape index (κ3) is 2.63. The lowest BCUT2D eigenvalue weighted by molar-refractivity contribution is 0.111. The van der Waals surface area contributed by atoms with Gasteiger partial charge in [0.1, 0.15) is 17.0 Å². The first kappa shape index (κ1) is 13.4. The number of fused-ring (bicyclic) bond motifs is 1. The molecule has 0 amide bonds. The van der Waals surface area contributed by atoms with E-state index in [1.54, 1.807) is 6.07 Å². The highest BCUT2D eigenvalue weighted by Crippen LogP contribution is 2.31. The lowest BCUT2D eigenvalue weighted by Gasteiger charge is -2.13. The predicted molar refractivity (Wildman–Crippen MR) is 79.6 cm³/mol. The third-order valence-corrected chi connectivity index (χ3v) is 4.15. The molecule has 1 fully saturated rings. The molecule has 0 bridgehead atoms. The zero-order chi connectivity index (χ0) is 13.9. The summed E-state index contributed by atoms with van der Waals surface area (Å²) in [5.41, 5.74) is 1.000. The zero-order valence-corrected chi connectivity index (χ0v) is 11.9. The summed E-state index contributed by atoms with van der Waals surface area (Å²) in [6.07, 6.45) is 5.77. The predicted octanol–water partition coefficient (Wildman–Crippen LogP) is 4.27. The lowest BCUT2D eigenvalue weighted by atomic mass is 10.1. The number of para-hydroxylation sites is 1. The average Bonchev–Trinajstić information content (AvgIpc) is 2.98. The van der Waals surface area contributed by atoms with Gasteiger partial charge in [-0.05, 0) is 30.9 Å². The number of hydrogen-bond donors (Lipinski definition) is 0. The molecule has 4 heteroatoms. The number of pyridine rings is 1. The molecule has 1 aromatic carbocycles. The van der Waals surface area contributed by atoms with Crippen molar-refractivity contribution in [2.24, 2.45) is 5.92 Å². The fourth-order valence-electron chi connectivity index (χ4n) is 2.76. The van der Waals surface area contributed by atoms with Gasteiger partial charge in [-0.15, -0.1) is 0 Å². The molecule has 0 saturated heterocycles. The van der Waals surface area contributed by atoms with Crippen molar-refractivity contribution in [1.29, 1.82) is 0 Å². The van der Waals surface area contributed by atoms with Crippen LogP contribution in [0.3, 0.4) is 0 Å². The minimum Gasteiger partial charge on any atom is -0.491 e. The van der Waals surface area contributed by atoms with Gasteiger partial charge >= 0.3 is 0 Å². The number of nitrogens with zero attached hydrogens (tertiary/aromatic N) is 1. The van der Waals surface area contributed by atoms with Gasteiger partial charge in [0, 0.05) is 5.39 Å². The zero-order valence-electron chi connectivity index (χ0n) is 11.1. The van der Waals surface area contributed by atoms with Crippen molar-refractivity contribution in [3.8, 4) is 5.75 Å². The summed E-state index contributed by atoms with van der Waals surface area (Å²) in [5.74, 6) is 1.34. The molecule has 0 aliphatic heterocycles. The number of benzene rings is 1. The number of carbonyl (C=O) groups excluding carboxylic acids is 1. The van der Waals surface area contributed by atoms with Gasteiger partial charge in [-0.2, -0.15) is 0 Å². The molecule has 3 rings (SSSR count). The van der Waals surface area contributed by atoms with Crippen LogP contribution in [0.4, 0.5) is 0 Å². The lowest BCUT2D eigenvalue weighted by Crippen LogP contribution is -2.08. The number of halogens is 1. The molecule has 1 aliphatic carbocycles. The molecule has 2 aromatic rings. The first-order chi connectivity index (χ1) is 9.78. The van der Waals surface area contributed by atoms with Gasteiger partial charge in [0.15, 0.2) is 6.29 Å². The number of aromatic nitrogens is 1. The molecule has 0 unspecified atom stereocenters. The number of ether oxygens (including phenoxy) is 1. The minimum atomic E-state index is 0.333. The maximum atomic E-state index is 10.9. The average molecular weight is 290 g/mol. The second kappa shape index (κ2) is 5.80. The van der Waals surface area contributed by atoms with Crippen LogP contribution in [0.2, 0.25) is 5.02 Å². The molecular weight excluding hydrogens is 274 g/mol. The summed E-state index contributed by atoms with van der Waals surface area (Å²) >= 11 is 6.19. The molecule has 3 nitrogen and oxygen atoms in total. The van der Waals surface area contributed by atoms with E-state index in [4.69, 9.17) is 16.3 Å². The largest absolute Gasteiger partial charge is 0.491 e. The highest BCUT2D eigenvalue weighted by atomic mass is 35.5. The molecule has 1 saturated carbocycles. The molecule has 0 radical (unpaired) electrons. The Kier molecular flexibility index (Phi) is 3.88. The molecule has 0 atom stereocenters. The summed E-state index contributed by atoms with van der Waals surface area (Å²) in [7, 11) is 0. The van der Waals surface area contributed by atoms with Crippen LogP contribution in [0.25, 0.3) is 10.9 Å². The third-order valence-electron chi connectivity index (χ3n) is 3.84. The van der Waals surface area contributed by atoms with Crippen LogP contribution < -0.4 is 4.74 Å². The van der Waals surface area contributed by atoms with Gasteiger partial charge in [0.25, 0.3) is 0 Å². The van der Waals surface area contributed by atoms with Crippen molar-refractivity contribution in [1.82, 2.24) is 4.98 Å². The summed E-state index contributed by atoms with van der Waals surface area (Å²) in [6.45, 7) is 0.712. The van der Waals surface area contributed by atoms with Gasteiger partial charge in [-0.1, -0.05) is 36.6 Å². The van der Waals surface area contributed by atoms with Crippen molar-refractivity contribution in [3.63, 3.8) is 0 Å². The molecule has 1 heterocycles. The SMILES string of the molecule is O=Cc1cc(Cl)c2cccc(OCC3CCCC3)c2n1. The molecule has 1 aliphatic rings. The van der Waals surface area contributed by atoms with Crippen molar-refractivity contribution in [2.75, 3.05) is 6.61 Å². The molecule has 1 aromatic heterocycles. The fourth-order valence-corrected chi connectivity index (χ4v) is 3.03. The Balaban J connectivity index is 1.92. The maximum Gasteiger partial charge on any atom is 0.168 e. The summed E-state index contributed by atoms with van der Waals surface area (Å²) < 4.78 is 5.92. The Hall–Kier alpha value is -1.61. The Bertz CT molecular complexity index is 636. The minimum absolute atomic E-state index is 0.333. The van der Waals surface area contributed by atoms with Crippen LogP contribution in [0.5, 0.6) is 5.75 Å². The van der Waals surface area contributed by atoms with E-state index in [1.165, 1.54) is 25.7 Å². The first-order valence-electron chi connectivity index (χ1n) is 6.95. The molecule has 20 heavy (non-hydrogen) atoms. The van der Waals surface area contributed by atoms with Crippen LogP contribution in [-0.2, 0) is 0 Å². The summed E-state index contributed by atoms with van der Waals surface area (Å²) in [6, 6.07) is 7.26. The van der Waals surface area contributed by atoms with E-state index < -0.39 is 0 Å². The summed E-state index contributed by atoms with van der Waals surface area (Å²) in [5, 5.41) is 1.35. The van der Waals surface area contributed by atoms with E-state index in [2.05, 4.69) is 4.98 Å². The van der Waals surface area contributed by atoms with Gasteiger partial charge in [0.2, 0.25) is 0 Å². The van der Waals surface area contributed by atoms with Gasteiger partial charge in [-0.3, -0.25) is 4.79 Å². The Morgan fingerprint density at radius 1 is 1.35 bits per heavy atom. The smallest absolute Gasteiger partial charge is 0.168 e. The van der Waals surface area contributed by atoms with E-state index in [0.717, 1.165) is 5.39 Å². The second-order valence-electron chi connectivity index (χ2n) is 5.26. The van der Waals surface area contributed by atoms with Crippen molar-refractivity contribution < 1.29 is 9.53 Å². The molecule has 0 N–H and O–H groups in total. The van der Waals surface area contributed by atoms with Crippen LogP contribution >= 0.6 is 11.6 Å². The quantitative estimate of drug-likeness (QED) is 0.789. The molecule has 104 valence electrons. The van der Waals surface area contributed by atoms with Gasteiger partial charge < -0.3 is 4.74 Å². The second-order valence-corrected chi connectivity index (χ2v) is 5.67. The van der Waals surface area contributed by atoms with E-state index in [-0.39, 0.29) is 0 Å². The van der Waals surface area contributed by atoms with E-state index in [1.807, 2.05) is 18.2 Å². The molecular formula is C16H16ClNO2. The number of carbonyl (C=O) groups is 1. The van der Waals surface area contributed by atoms with Crippen molar-refractivity contribution in [2.45, 2.75) is 25.7 Å². The Morgan fingerprint density at radius 3 is 2.90 bits per heavy atom. The Morgan fingerprint density at radius 2 is 2.15 bits per heavy atom. The normalized spacial score (nSPS) is 15.7. The first-order valence-corrected chi connectivity index (χ1v) is 7.33. The van der Waals surface area contributed by atoms with Crippen LogP contribution in [0.15, 0.2) is 24.3 Å². The van der Waals surface area contributed by atoms with Crippen molar-refractivity contribution in [3.05, 3.63) is 35.0 Å². The molecule has 0 spiro atoms. The van der Waals surface area contributed by atoms with Gasteiger partial charge in [0.05, 0.1) is 11.6 Å². The van der Waals surface area contributed by atoms with Crippen LogP contribution in [-0.4, -0.2) is 17.9 Å². The fraction of sp³-hybridized carbons (Fsp3) is 0.375. The monoisotopic (exact) mass is 289 g/mol. The standard InChI is InChI=1S/C16H16ClNO2/c17-14-8-12(9-19)18-16-13(14)6-3-7-15(16)20-10-11-4-1-2-5-11/h3,6-9,11H,1-2,4-5,10H2. The van der Waals surface area contributed by atoms with Crippen LogP contribution in [0, 0.1) is 5.92 Å². The Labute approximate surface area is 122 Å². The van der Waals surface area contributed by atoms with Crippen LogP contribution in [0.1, 0.15) is 36.2 Å².